The van der Waals surface area contributed by atoms with Gasteiger partial charge in [-0.2, -0.15) is 0 Å². The van der Waals surface area contributed by atoms with Gasteiger partial charge in [-0.1, -0.05) is 12.1 Å². The van der Waals surface area contributed by atoms with Crippen LogP contribution in [0.5, 0.6) is 5.75 Å². The highest BCUT2D eigenvalue weighted by atomic mass is 16.5. The summed E-state index contributed by atoms with van der Waals surface area (Å²) in [5.74, 6) is 1.08. The van der Waals surface area contributed by atoms with E-state index in [-0.39, 0.29) is 5.91 Å². The number of rotatable bonds is 6. The smallest absolute Gasteiger partial charge is 0.224 e. The quantitative estimate of drug-likeness (QED) is 0.803. The molecule has 0 radical (unpaired) electrons. The molecule has 1 aliphatic rings. The van der Waals surface area contributed by atoms with Gasteiger partial charge in [0.25, 0.3) is 0 Å². The molecule has 0 atom stereocenters. The van der Waals surface area contributed by atoms with Crippen LogP contribution in [0.15, 0.2) is 18.2 Å². The number of hydrogen-bond donors (Lipinski definition) is 1. The summed E-state index contributed by atoms with van der Waals surface area (Å²) in [7, 11) is 4.08. The molecular formula is C16H24N2O2. The van der Waals surface area contributed by atoms with Crippen LogP contribution < -0.4 is 10.1 Å². The number of aryl methyl sites for hydroxylation is 1. The Morgan fingerprint density at radius 1 is 1.40 bits per heavy atom. The van der Waals surface area contributed by atoms with E-state index in [0.717, 1.165) is 50.3 Å². The van der Waals surface area contributed by atoms with E-state index in [2.05, 4.69) is 16.3 Å². The predicted octanol–water partition coefficient (Wildman–Crippen LogP) is 1.62. The van der Waals surface area contributed by atoms with E-state index in [1.165, 1.54) is 5.56 Å². The summed E-state index contributed by atoms with van der Waals surface area (Å²) >= 11 is 0. The van der Waals surface area contributed by atoms with E-state index >= 15 is 0 Å². The minimum atomic E-state index is 0.0976. The van der Waals surface area contributed by atoms with E-state index in [4.69, 9.17) is 4.74 Å². The Morgan fingerprint density at radius 3 is 3.05 bits per heavy atom. The van der Waals surface area contributed by atoms with Crippen LogP contribution in [-0.4, -0.2) is 44.6 Å². The molecule has 1 aliphatic heterocycles. The fourth-order valence-electron chi connectivity index (χ4n) is 2.39. The van der Waals surface area contributed by atoms with Crippen molar-refractivity contribution in [3.05, 3.63) is 29.3 Å². The molecule has 1 aromatic rings. The van der Waals surface area contributed by atoms with Crippen molar-refractivity contribution in [3.63, 3.8) is 0 Å². The molecule has 0 aliphatic carbocycles. The lowest BCUT2D eigenvalue weighted by atomic mass is 10.0. The average Bonchev–Trinajstić information content (AvgIpc) is 2.43. The minimum Gasteiger partial charge on any atom is -0.493 e. The molecule has 0 saturated carbocycles. The summed E-state index contributed by atoms with van der Waals surface area (Å²) in [5, 5.41) is 2.97. The number of nitrogens with zero attached hydrogens (tertiary/aromatic N) is 1. The molecule has 4 nitrogen and oxygen atoms in total. The third-order valence-electron chi connectivity index (χ3n) is 3.44. The van der Waals surface area contributed by atoms with E-state index in [1.807, 2.05) is 26.2 Å². The molecule has 1 N–H and O–H groups in total. The summed E-state index contributed by atoms with van der Waals surface area (Å²) in [5.41, 5.74) is 2.30. The summed E-state index contributed by atoms with van der Waals surface area (Å²) in [6.07, 6.45) is 3.55. The largest absolute Gasteiger partial charge is 0.493 e. The SMILES string of the molecule is CN(C)CCCNC(=O)Cc1ccc2c(c1)CCCO2. The van der Waals surface area contributed by atoms with Crippen molar-refractivity contribution in [2.45, 2.75) is 25.7 Å². The number of hydrogen-bond acceptors (Lipinski definition) is 3. The second-order valence-corrected chi connectivity index (χ2v) is 5.58. The Bertz CT molecular complexity index is 458. The van der Waals surface area contributed by atoms with Crippen LogP contribution in [0, 0.1) is 0 Å². The second-order valence-electron chi connectivity index (χ2n) is 5.58. The van der Waals surface area contributed by atoms with Gasteiger partial charge in [0.1, 0.15) is 5.75 Å². The predicted molar refractivity (Wildman–Crippen MR) is 80.1 cm³/mol. The molecule has 1 heterocycles. The van der Waals surface area contributed by atoms with Gasteiger partial charge in [0.05, 0.1) is 13.0 Å². The van der Waals surface area contributed by atoms with Crippen molar-refractivity contribution in [2.75, 3.05) is 33.8 Å². The molecule has 0 spiro atoms. The van der Waals surface area contributed by atoms with Gasteiger partial charge in [-0.25, -0.2) is 0 Å². The standard InChI is InChI=1S/C16H24N2O2/c1-18(2)9-4-8-17-16(19)12-13-6-7-15-14(11-13)5-3-10-20-15/h6-7,11H,3-5,8-10,12H2,1-2H3,(H,17,19). The van der Waals surface area contributed by atoms with E-state index in [1.54, 1.807) is 0 Å². The van der Waals surface area contributed by atoms with E-state index < -0.39 is 0 Å². The summed E-state index contributed by atoms with van der Waals surface area (Å²) in [6.45, 7) is 2.54. The Morgan fingerprint density at radius 2 is 2.25 bits per heavy atom. The fraction of sp³-hybridized carbons (Fsp3) is 0.562. The first-order chi connectivity index (χ1) is 9.65. The number of amides is 1. The number of nitrogens with one attached hydrogen (secondary N) is 1. The molecular weight excluding hydrogens is 252 g/mol. The normalized spacial score (nSPS) is 13.8. The molecule has 20 heavy (non-hydrogen) atoms. The molecule has 0 saturated heterocycles. The van der Waals surface area contributed by atoms with Crippen LogP contribution in [-0.2, 0) is 17.6 Å². The van der Waals surface area contributed by atoms with Gasteiger partial charge in [0.2, 0.25) is 5.91 Å². The first kappa shape index (κ1) is 14.9. The summed E-state index contributed by atoms with van der Waals surface area (Å²) in [4.78, 5) is 14.0. The van der Waals surface area contributed by atoms with Gasteiger partial charge in [-0.15, -0.1) is 0 Å². The third kappa shape index (κ3) is 4.53. The second kappa shape index (κ2) is 7.29. The average molecular weight is 276 g/mol. The number of ether oxygens (including phenoxy) is 1. The maximum atomic E-state index is 11.9. The molecule has 2 rings (SSSR count). The monoisotopic (exact) mass is 276 g/mol. The molecule has 0 bridgehead atoms. The van der Waals surface area contributed by atoms with Crippen LogP contribution in [0.3, 0.4) is 0 Å². The lowest BCUT2D eigenvalue weighted by molar-refractivity contribution is -0.120. The molecule has 110 valence electrons. The van der Waals surface area contributed by atoms with Crippen molar-refractivity contribution in [1.82, 2.24) is 10.2 Å². The topological polar surface area (TPSA) is 41.6 Å². The Kier molecular flexibility index (Phi) is 5.41. The van der Waals surface area contributed by atoms with Crippen LogP contribution in [0.25, 0.3) is 0 Å². The molecule has 0 fully saturated rings. The van der Waals surface area contributed by atoms with Crippen molar-refractivity contribution < 1.29 is 9.53 Å². The minimum absolute atomic E-state index is 0.0976. The highest BCUT2D eigenvalue weighted by Crippen LogP contribution is 2.25. The van der Waals surface area contributed by atoms with Crippen molar-refractivity contribution >= 4 is 5.91 Å². The molecule has 1 aromatic carbocycles. The van der Waals surface area contributed by atoms with Crippen LogP contribution >= 0.6 is 0 Å². The third-order valence-corrected chi connectivity index (χ3v) is 3.44. The number of carbonyl (C=O) groups excluding carboxylic acids is 1. The van der Waals surface area contributed by atoms with Gasteiger partial charge >= 0.3 is 0 Å². The fourth-order valence-corrected chi connectivity index (χ4v) is 2.39. The number of carbonyl (C=O) groups is 1. The summed E-state index contributed by atoms with van der Waals surface area (Å²) < 4.78 is 5.58. The summed E-state index contributed by atoms with van der Waals surface area (Å²) in [6, 6.07) is 6.08. The maximum absolute atomic E-state index is 11.9. The Hall–Kier alpha value is -1.55. The molecule has 0 aromatic heterocycles. The zero-order chi connectivity index (χ0) is 14.4. The first-order valence-corrected chi connectivity index (χ1v) is 7.31. The van der Waals surface area contributed by atoms with Gasteiger partial charge in [-0.3, -0.25) is 4.79 Å². The molecule has 1 amide bonds. The molecule has 4 heteroatoms. The number of benzene rings is 1. The maximum Gasteiger partial charge on any atom is 0.224 e. The van der Waals surface area contributed by atoms with E-state index in [0.29, 0.717) is 6.42 Å². The first-order valence-electron chi connectivity index (χ1n) is 7.31. The highest BCUT2D eigenvalue weighted by Gasteiger charge is 2.11. The molecule has 0 unspecified atom stereocenters. The van der Waals surface area contributed by atoms with E-state index in [9.17, 15) is 4.79 Å². The van der Waals surface area contributed by atoms with Gasteiger partial charge in [0, 0.05) is 6.54 Å². The number of fused-ring (bicyclic) bond motifs is 1. The van der Waals surface area contributed by atoms with Crippen molar-refractivity contribution in [2.24, 2.45) is 0 Å². The zero-order valence-corrected chi connectivity index (χ0v) is 12.4. The van der Waals surface area contributed by atoms with Crippen LogP contribution in [0.1, 0.15) is 24.0 Å². The Balaban J connectivity index is 1.79. The zero-order valence-electron chi connectivity index (χ0n) is 12.4. The van der Waals surface area contributed by atoms with Gasteiger partial charge < -0.3 is 15.0 Å². The van der Waals surface area contributed by atoms with Gasteiger partial charge in [-0.05, 0) is 57.1 Å². The lowest BCUT2D eigenvalue weighted by Gasteiger charge is -2.17. The van der Waals surface area contributed by atoms with Crippen molar-refractivity contribution in [3.8, 4) is 5.75 Å². The highest BCUT2D eigenvalue weighted by molar-refractivity contribution is 5.78. The Labute approximate surface area is 121 Å². The lowest BCUT2D eigenvalue weighted by Crippen LogP contribution is -2.28. The van der Waals surface area contributed by atoms with Crippen LogP contribution in [0.4, 0.5) is 0 Å². The van der Waals surface area contributed by atoms with Gasteiger partial charge in [0.15, 0.2) is 0 Å². The van der Waals surface area contributed by atoms with Crippen molar-refractivity contribution in [1.29, 1.82) is 0 Å². The van der Waals surface area contributed by atoms with Crippen LogP contribution in [0.2, 0.25) is 0 Å².